The van der Waals surface area contributed by atoms with Crippen LogP contribution in [0.3, 0.4) is 0 Å². The molecule has 0 saturated heterocycles. The van der Waals surface area contributed by atoms with E-state index in [9.17, 15) is 121 Å². The van der Waals surface area contributed by atoms with Crippen molar-refractivity contribution >= 4 is 154 Å². The molecule has 0 spiro atoms. The smallest absolute Gasteiger partial charge is 0.526 e. The van der Waals surface area contributed by atoms with Crippen molar-refractivity contribution in [3.63, 3.8) is 0 Å². The fourth-order valence-electron chi connectivity index (χ4n) is 15.6. The van der Waals surface area contributed by atoms with E-state index in [4.69, 9.17) is 93.8 Å². The van der Waals surface area contributed by atoms with E-state index in [1.54, 1.807) is 141 Å². The van der Waals surface area contributed by atoms with Gasteiger partial charge >= 0.3 is 96.4 Å². The maximum atomic E-state index is 14.3. The molecular weight excluding hydrogens is 1980 g/mol. The number of aromatic hydroxyl groups is 2. The monoisotopic (exact) mass is 2110 g/mol. The van der Waals surface area contributed by atoms with E-state index in [1.165, 1.54) is 50.2 Å². The molecule has 38 nitrogen and oxygen atoms in total. The first-order valence-corrected chi connectivity index (χ1v) is 48.9. The zero-order valence-corrected chi connectivity index (χ0v) is 87.3. The van der Waals surface area contributed by atoms with Crippen LogP contribution in [0.2, 0.25) is 44.9 Å². The Kier molecular flexibility index (Phi) is 46.1. The summed E-state index contributed by atoms with van der Waals surface area (Å²) in [6.07, 6.45) is 4.67. The van der Waals surface area contributed by atoms with Gasteiger partial charge in [-0.05, 0) is 205 Å². The van der Waals surface area contributed by atoms with E-state index >= 15 is 0 Å². The normalized spacial score (nSPS) is 16.4. The Morgan fingerprint density at radius 2 is 0.493 bits per heavy atom. The molecule has 6 aromatic rings. The van der Waals surface area contributed by atoms with Crippen molar-refractivity contribution in [1.82, 2.24) is 0 Å². The molecule has 6 heterocycles. The number of Topliss-reactive ketones (excluding diaryl/α,β-unsaturated/α-hetero) is 6. The Hall–Kier alpha value is -12.4. The molecule has 798 valence electrons. The number of fused-ring (bicyclic) bond motifs is 6. The molecule has 6 aromatic carbocycles. The number of phenolic OH excluding ortho intramolecular Hbond substituents is 2. The largest absolute Gasteiger partial charge is 0.535 e. The number of rotatable bonds is 31. The van der Waals surface area contributed by atoms with Gasteiger partial charge < -0.3 is 121 Å². The molecule has 0 unspecified atom stereocenters. The van der Waals surface area contributed by atoms with E-state index in [2.05, 4.69) is 0 Å². The van der Waals surface area contributed by atoms with Crippen LogP contribution in [0.4, 0.5) is 8.78 Å². The first kappa shape index (κ1) is 122. The average molecular weight is 2110 g/mol. The Balaban J connectivity index is 0.000000241. The lowest BCUT2D eigenvalue weighted by Gasteiger charge is -2.28. The lowest BCUT2D eigenvalue weighted by Crippen LogP contribution is -2.36. The molecule has 148 heavy (non-hydrogen) atoms. The van der Waals surface area contributed by atoms with Crippen molar-refractivity contribution in [2.75, 3.05) is 40.2 Å². The highest BCUT2D eigenvalue weighted by atomic mass is 35.5. The van der Waals surface area contributed by atoms with Crippen LogP contribution in [0.1, 0.15) is 284 Å². The number of benzene rings is 6. The molecule has 0 aromatic heterocycles. The van der Waals surface area contributed by atoms with Gasteiger partial charge in [-0.1, -0.05) is 87.3 Å². The summed E-state index contributed by atoms with van der Waals surface area (Å²) in [6.45, 7) is 28.4. The average Bonchev–Trinajstić information content (AvgIpc) is 0.795. The van der Waals surface area contributed by atoms with Crippen LogP contribution in [-0.2, 0) is 124 Å². The summed E-state index contributed by atoms with van der Waals surface area (Å²) < 4.78 is 105. The fourth-order valence-corrected chi connectivity index (χ4v) is 16.0. The number of phenols is 2. The van der Waals surface area contributed by atoms with Gasteiger partial charge in [-0.2, -0.15) is 0 Å². The molecule has 12 rings (SSSR count). The second-order valence-electron chi connectivity index (χ2n) is 38.4. The van der Waals surface area contributed by atoms with Gasteiger partial charge in [0.1, 0.15) is 126 Å². The number of carbonyl (C=O) groups excluding carboxylic acids is 15. The summed E-state index contributed by atoms with van der Waals surface area (Å²) >= 11 is 12.2. The Morgan fingerprint density at radius 3 is 0.730 bits per heavy atom. The number of ether oxygens (including phenoxy) is 9. The van der Waals surface area contributed by atoms with Crippen LogP contribution in [-0.4, -0.2) is 212 Å². The minimum absolute atomic E-state index is 0.00514. The third-order valence-corrected chi connectivity index (χ3v) is 24.2. The van der Waals surface area contributed by atoms with Gasteiger partial charge in [0.2, 0.25) is 20.4 Å². The van der Waals surface area contributed by atoms with Crippen molar-refractivity contribution in [3.8, 4) is 46.0 Å². The maximum Gasteiger partial charge on any atom is 0.526 e. The van der Waals surface area contributed by atoms with E-state index in [1.807, 2.05) is 0 Å². The maximum absolute atomic E-state index is 14.3. The molecule has 48 heteroatoms. The minimum Gasteiger partial charge on any atom is -0.535 e. The van der Waals surface area contributed by atoms with Crippen LogP contribution in [0.15, 0.2) is 72.8 Å². The van der Waals surface area contributed by atoms with Gasteiger partial charge in [0.15, 0.2) is 0 Å². The number of esters is 9. The molecule has 0 aliphatic carbocycles. The first-order valence-electron chi connectivity index (χ1n) is 48.1. The Labute approximate surface area is 867 Å². The molecule has 6 atom stereocenters. The summed E-state index contributed by atoms with van der Waals surface area (Å²) in [6, 6.07) is 17.6. The molecule has 8 N–H and O–H groups in total. The standard InChI is InChI=1S/C19H24BClO7.C19H24BFO7.C18H23BO8.C15H18BClO5.C15H18BFO5.C14H17BO6/c2*1-5-13(22)9-12-8-11-6-7-14(21)15(16(11)28-20(12)25)17(23)26-10-27-18(24)19(2,3)4;1-10(20)7-12-8-11-5-6-13(21)14(15(11)27-19(12)24)16(22)25-9-26-17(23)18(2,3)4;2*1-3-11(18)8-10-7-9-5-6-12(17)13(15(19)21-4-2)14(9)22-16(10)20;1-3-20-14(18)12-11(17)5-4-9-7-10(6-8(2)16)15(19)21-13(9)12/h2*6-7,12,25H,5,8-10H2,1-4H3;5-6,12,21,24H,7-9H2,1-4H3;2*5-6,10,20H,3-4,7-8H2,1-2H3;4-5,10,17,19H,3,6-7H2,1-2H3/t3*12-;3*10-/m110110/s1. The predicted octanol–water partition coefficient (Wildman–Crippen LogP) is 13.9. The number of hydrogen-bond acceptors (Lipinski definition) is 38. The van der Waals surface area contributed by atoms with Crippen LogP contribution >= 0.6 is 23.2 Å². The number of ketones is 6. The molecule has 6 aliphatic heterocycles. The van der Waals surface area contributed by atoms with Gasteiger partial charge in [-0.15, -0.1) is 0 Å². The summed E-state index contributed by atoms with van der Waals surface area (Å²) in [5.41, 5.74) is 0.351. The summed E-state index contributed by atoms with van der Waals surface area (Å²) in [5.74, 6) is -11.0. The molecule has 0 fully saturated rings. The number of hydrogen-bond donors (Lipinski definition) is 8. The highest BCUT2D eigenvalue weighted by Crippen LogP contribution is 2.47. The van der Waals surface area contributed by atoms with Gasteiger partial charge in [-0.25, -0.2) is 37.5 Å². The zero-order chi connectivity index (χ0) is 111. The fraction of sp³-hybridized carbons (Fsp3) is 0.490. The molecule has 0 saturated carbocycles. The molecule has 0 bridgehead atoms. The highest BCUT2D eigenvalue weighted by Gasteiger charge is 2.47. The molecular formula is C100H124B6Cl2F2O38. The van der Waals surface area contributed by atoms with Gasteiger partial charge in [0, 0.05) is 99.1 Å². The van der Waals surface area contributed by atoms with Crippen LogP contribution in [0, 0.1) is 27.9 Å². The predicted molar refractivity (Wildman–Crippen MR) is 534 cm³/mol. The molecule has 6 aliphatic rings. The highest BCUT2D eigenvalue weighted by molar-refractivity contribution is 6.50. The first-order chi connectivity index (χ1) is 69.5. The topological polar surface area (TPSA) is 556 Å². The number of halogens is 4. The summed E-state index contributed by atoms with van der Waals surface area (Å²) in [7, 11) is -7.49. The zero-order valence-electron chi connectivity index (χ0n) is 85.7. The Bertz CT molecular complexity index is 5610. The Morgan fingerprint density at radius 1 is 0.297 bits per heavy atom. The van der Waals surface area contributed by atoms with Crippen molar-refractivity contribution in [3.05, 3.63) is 161 Å². The van der Waals surface area contributed by atoms with E-state index in [0.29, 0.717) is 85.6 Å². The van der Waals surface area contributed by atoms with Crippen LogP contribution < -0.4 is 27.9 Å². The van der Waals surface area contributed by atoms with Gasteiger partial charge in [0.05, 0.1) is 46.1 Å². The van der Waals surface area contributed by atoms with Crippen molar-refractivity contribution in [2.24, 2.45) is 16.2 Å². The van der Waals surface area contributed by atoms with Crippen LogP contribution in [0.5, 0.6) is 46.0 Å². The van der Waals surface area contributed by atoms with Crippen molar-refractivity contribution in [2.45, 2.75) is 262 Å². The van der Waals surface area contributed by atoms with Gasteiger partial charge in [-0.3, -0.25) is 33.6 Å². The van der Waals surface area contributed by atoms with Crippen molar-refractivity contribution < 1.29 is 192 Å². The quantitative estimate of drug-likeness (QED) is 0.00867. The van der Waals surface area contributed by atoms with Crippen LogP contribution in [0.25, 0.3) is 0 Å². The second-order valence-corrected chi connectivity index (χ2v) is 39.2. The van der Waals surface area contributed by atoms with E-state index < -0.39 is 179 Å². The summed E-state index contributed by atoms with van der Waals surface area (Å²) in [5, 5.41) is 80.9. The van der Waals surface area contributed by atoms with E-state index in [-0.39, 0.29) is 189 Å². The minimum atomic E-state index is -1.35. The SMILES string of the molecule is CC(=O)C[C@H]1Cc2ccc(O)c(C(=O)OCOC(=O)C(C)(C)C)c2OB1O.CCC(=O)C[C@H]1Cc2ccc(Cl)c(C(=O)OCOC(=O)C(C)(C)C)c2OB1O.CCC(=O)C[C@H]1Cc2ccc(F)c(C(=O)OCOC(=O)C(C)(C)C)c2OB1O.CCOC(=O)c1c(Cl)ccc2c1OB(O)[C@@H](CC(=O)CC)C2.CCOC(=O)c1c(F)ccc2c1OB(O)[C@@H](CC(=O)CC)C2.CCOC(=O)c1c(O)ccc2c1OB(O)[C@@H](CC(C)=O)C2. The number of carbonyl (C=O) groups is 15. The molecule has 0 radical (unpaired) electrons. The molecule has 0 amide bonds. The third kappa shape index (κ3) is 34.0. The van der Waals surface area contributed by atoms with E-state index in [0.717, 1.165) is 11.6 Å². The third-order valence-electron chi connectivity index (χ3n) is 23.6. The van der Waals surface area contributed by atoms with Crippen molar-refractivity contribution in [1.29, 1.82) is 0 Å². The summed E-state index contributed by atoms with van der Waals surface area (Å²) in [4.78, 5) is 177. The van der Waals surface area contributed by atoms with Gasteiger partial charge in [0.25, 0.3) is 0 Å². The lowest BCUT2D eigenvalue weighted by atomic mass is 9.64. The lowest BCUT2D eigenvalue weighted by molar-refractivity contribution is -0.162. The second kappa shape index (κ2) is 55.7.